The quantitative estimate of drug-likeness (QED) is 0.710. The number of carboxylic acid groups (broad SMARTS) is 1. The molecule has 0 aromatic carbocycles. The van der Waals surface area contributed by atoms with Gasteiger partial charge in [-0.2, -0.15) is 0 Å². The van der Waals surface area contributed by atoms with Gasteiger partial charge in [0.25, 0.3) is 0 Å². The highest BCUT2D eigenvalue weighted by molar-refractivity contribution is 5.67. The summed E-state index contributed by atoms with van der Waals surface area (Å²) in [6, 6.07) is 0. The Morgan fingerprint density at radius 1 is 1.12 bits per heavy atom. The predicted octanol–water partition coefficient (Wildman–Crippen LogP) is 4.72. The fourth-order valence-electron chi connectivity index (χ4n) is 7.36. The number of fused-ring (bicyclic) bond motifs is 5. The minimum atomic E-state index is -0.727. The van der Waals surface area contributed by atoms with Crippen molar-refractivity contribution in [2.75, 3.05) is 6.61 Å². The standard InChI is InChI=1S/C22H36O4/c1-3-13-9-14(4-2)22-17-11-15(21(13)22)10-16(17)18(12-19(23)24)26-20-7-5-6-8-25-20/h13-18,20-22H,3-12H2,1-2H3,(H,23,24). The van der Waals surface area contributed by atoms with Crippen molar-refractivity contribution >= 4 is 5.97 Å². The van der Waals surface area contributed by atoms with Crippen LogP contribution < -0.4 is 0 Å². The van der Waals surface area contributed by atoms with Crippen molar-refractivity contribution in [2.24, 2.45) is 41.4 Å². The van der Waals surface area contributed by atoms with Gasteiger partial charge in [0.05, 0.1) is 12.5 Å². The molecule has 1 saturated heterocycles. The average molecular weight is 365 g/mol. The number of ether oxygens (including phenoxy) is 2. The molecule has 0 spiro atoms. The maximum atomic E-state index is 11.5. The molecule has 4 aliphatic rings. The van der Waals surface area contributed by atoms with Crippen LogP contribution in [0.3, 0.4) is 0 Å². The second kappa shape index (κ2) is 7.79. The van der Waals surface area contributed by atoms with E-state index in [2.05, 4.69) is 13.8 Å². The minimum Gasteiger partial charge on any atom is -0.481 e. The van der Waals surface area contributed by atoms with Crippen molar-refractivity contribution < 1.29 is 19.4 Å². The summed E-state index contributed by atoms with van der Waals surface area (Å²) >= 11 is 0. The largest absolute Gasteiger partial charge is 0.481 e. The second-order valence-corrected chi connectivity index (χ2v) is 9.35. The molecular weight excluding hydrogens is 328 g/mol. The van der Waals surface area contributed by atoms with Gasteiger partial charge in [0.1, 0.15) is 0 Å². The van der Waals surface area contributed by atoms with E-state index in [4.69, 9.17) is 9.47 Å². The Labute approximate surface area is 158 Å². The molecule has 2 bridgehead atoms. The molecule has 4 heteroatoms. The molecule has 148 valence electrons. The lowest BCUT2D eigenvalue weighted by atomic mass is 9.69. The van der Waals surface area contributed by atoms with E-state index in [1.165, 1.54) is 32.1 Å². The third kappa shape index (κ3) is 3.32. The molecule has 0 amide bonds. The van der Waals surface area contributed by atoms with E-state index in [1.807, 2.05) is 0 Å². The lowest BCUT2D eigenvalue weighted by Crippen LogP contribution is -2.40. The third-order valence-electron chi connectivity index (χ3n) is 8.24. The molecule has 1 aliphatic heterocycles. The normalized spacial score (nSPS) is 45.6. The van der Waals surface area contributed by atoms with Crippen LogP contribution in [0.5, 0.6) is 0 Å². The number of carbonyl (C=O) groups is 1. The first-order valence-corrected chi connectivity index (χ1v) is 11.1. The van der Waals surface area contributed by atoms with Crippen LogP contribution in [0.1, 0.15) is 71.6 Å². The topological polar surface area (TPSA) is 55.8 Å². The SMILES string of the molecule is CCC1CC(CC)C2C3CC(CC3C(CC(=O)O)OC3CCCCO3)C12. The lowest BCUT2D eigenvalue weighted by Gasteiger charge is -2.40. The average Bonchev–Trinajstić information content (AvgIpc) is 3.32. The molecule has 1 heterocycles. The summed E-state index contributed by atoms with van der Waals surface area (Å²) < 4.78 is 12.1. The zero-order valence-electron chi connectivity index (χ0n) is 16.4. The van der Waals surface area contributed by atoms with E-state index in [-0.39, 0.29) is 18.8 Å². The van der Waals surface area contributed by atoms with Crippen LogP contribution in [0.2, 0.25) is 0 Å². The lowest BCUT2D eigenvalue weighted by molar-refractivity contribution is -0.207. The summed E-state index contributed by atoms with van der Waals surface area (Å²) in [6.07, 6.45) is 9.43. The van der Waals surface area contributed by atoms with Gasteiger partial charge in [-0.15, -0.1) is 0 Å². The first-order chi connectivity index (χ1) is 12.6. The Hall–Kier alpha value is -0.610. The van der Waals surface area contributed by atoms with Gasteiger partial charge in [0.15, 0.2) is 6.29 Å². The molecule has 3 aliphatic carbocycles. The van der Waals surface area contributed by atoms with Crippen molar-refractivity contribution in [3.63, 3.8) is 0 Å². The van der Waals surface area contributed by atoms with Crippen molar-refractivity contribution in [1.82, 2.24) is 0 Å². The van der Waals surface area contributed by atoms with Crippen LogP contribution in [0.15, 0.2) is 0 Å². The maximum absolute atomic E-state index is 11.5. The van der Waals surface area contributed by atoms with E-state index in [1.54, 1.807) is 0 Å². The Balaban J connectivity index is 1.49. The van der Waals surface area contributed by atoms with E-state index in [0.29, 0.717) is 11.8 Å². The molecule has 4 fully saturated rings. The Morgan fingerprint density at radius 2 is 1.88 bits per heavy atom. The molecule has 4 rings (SSSR count). The van der Waals surface area contributed by atoms with Crippen LogP contribution in [0, 0.1) is 41.4 Å². The zero-order valence-corrected chi connectivity index (χ0v) is 16.4. The molecule has 9 unspecified atom stereocenters. The number of aliphatic carboxylic acids is 1. The smallest absolute Gasteiger partial charge is 0.305 e. The van der Waals surface area contributed by atoms with Crippen LogP contribution in [-0.4, -0.2) is 30.1 Å². The van der Waals surface area contributed by atoms with E-state index >= 15 is 0 Å². The highest BCUT2D eigenvalue weighted by Gasteiger charge is 2.60. The molecule has 0 radical (unpaired) electrons. The fraction of sp³-hybridized carbons (Fsp3) is 0.955. The summed E-state index contributed by atoms with van der Waals surface area (Å²) in [5.41, 5.74) is 0. The van der Waals surface area contributed by atoms with Crippen molar-refractivity contribution in [3.05, 3.63) is 0 Å². The molecule has 0 aromatic heterocycles. The van der Waals surface area contributed by atoms with Gasteiger partial charge < -0.3 is 14.6 Å². The summed E-state index contributed by atoms with van der Waals surface area (Å²) in [7, 11) is 0. The Morgan fingerprint density at radius 3 is 2.54 bits per heavy atom. The van der Waals surface area contributed by atoms with Gasteiger partial charge in [-0.25, -0.2) is 0 Å². The van der Waals surface area contributed by atoms with Crippen molar-refractivity contribution in [2.45, 2.75) is 84.0 Å². The minimum absolute atomic E-state index is 0.138. The Kier molecular flexibility index (Phi) is 5.61. The van der Waals surface area contributed by atoms with Gasteiger partial charge in [-0.3, -0.25) is 4.79 Å². The second-order valence-electron chi connectivity index (χ2n) is 9.35. The van der Waals surface area contributed by atoms with Crippen LogP contribution in [0.25, 0.3) is 0 Å². The predicted molar refractivity (Wildman–Crippen MR) is 99.6 cm³/mol. The Bertz CT molecular complexity index is 500. The molecule has 26 heavy (non-hydrogen) atoms. The summed E-state index contributed by atoms with van der Waals surface area (Å²) in [5, 5.41) is 9.49. The van der Waals surface area contributed by atoms with Gasteiger partial charge in [-0.1, -0.05) is 26.7 Å². The van der Waals surface area contributed by atoms with Gasteiger partial charge in [0, 0.05) is 6.61 Å². The zero-order chi connectivity index (χ0) is 18.3. The fourth-order valence-corrected chi connectivity index (χ4v) is 7.36. The molecule has 0 aromatic rings. The molecule has 4 nitrogen and oxygen atoms in total. The van der Waals surface area contributed by atoms with Crippen LogP contribution in [-0.2, 0) is 14.3 Å². The molecule has 9 atom stereocenters. The number of hydrogen-bond donors (Lipinski definition) is 1. The first kappa shape index (κ1) is 18.7. The molecular formula is C22H36O4. The number of carboxylic acids is 1. The summed E-state index contributed by atoms with van der Waals surface area (Å²) in [5.74, 6) is 4.66. The van der Waals surface area contributed by atoms with Crippen molar-refractivity contribution in [1.29, 1.82) is 0 Å². The highest BCUT2D eigenvalue weighted by atomic mass is 16.7. The number of hydrogen-bond acceptors (Lipinski definition) is 3. The maximum Gasteiger partial charge on any atom is 0.305 e. The van der Waals surface area contributed by atoms with E-state index < -0.39 is 5.97 Å². The van der Waals surface area contributed by atoms with Crippen molar-refractivity contribution in [3.8, 4) is 0 Å². The summed E-state index contributed by atoms with van der Waals surface area (Å²) in [4.78, 5) is 11.5. The first-order valence-electron chi connectivity index (χ1n) is 11.1. The third-order valence-corrected chi connectivity index (χ3v) is 8.24. The number of rotatable bonds is 7. The van der Waals surface area contributed by atoms with Crippen LogP contribution in [0.4, 0.5) is 0 Å². The molecule has 1 N–H and O–H groups in total. The highest BCUT2D eigenvalue weighted by Crippen LogP contribution is 2.66. The summed E-state index contributed by atoms with van der Waals surface area (Å²) in [6.45, 7) is 5.46. The monoisotopic (exact) mass is 364 g/mol. The van der Waals surface area contributed by atoms with E-state index in [9.17, 15) is 9.90 Å². The van der Waals surface area contributed by atoms with E-state index in [0.717, 1.165) is 55.5 Å². The molecule has 3 saturated carbocycles. The van der Waals surface area contributed by atoms with Gasteiger partial charge >= 0.3 is 5.97 Å². The van der Waals surface area contributed by atoms with Gasteiger partial charge in [0.2, 0.25) is 0 Å². The van der Waals surface area contributed by atoms with Gasteiger partial charge in [-0.05, 0) is 80.0 Å². The van der Waals surface area contributed by atoms with Crippen LogP contribution >= 0.6 is 0 Å².